The molecular formula is C18H37N3. The molecule has 3 nitrogen and oxygen atoms in total. The fourth-order valence-electron chi connectivity index (χ4n) is 4.42. The average Bonchev–Trinajstić information content (AvgIpc) is 2.48. The number of likely N-dealkylation sites (N-methyl/N-ethyl adjacent to an activating group) is 1. The summed E-state index contributed by atoms with van der Waals surface area (Å²) in [5.74, 6) is 1.77. The van der Waals surface area contributed by atoms with Gasteiger partial charge in [0, 0.05) is 18.1 Å². The lowest BCUT2D eigenvalue weighted by Gasteiger charge is -2.47. The number of nitrogens with one attached hydrogen (secondary N) is 1. The molecule has 3 heteroatoms. The lowest BCUT2D eigenvalue weighted by Crippen LogP contribution is -2.56. The molecule has 3 atom stereocenters. The van der Waals surface area contributed by atoms with E-state index >= 15 is 0 Å². The van der Waals surface area contributed by atoms with Gasteiger partial charge < -0.3 is 10.2 Å². The maximum Gasteiger partial charge on any atom is 0.0252 e. The minimum Gasteiger partial charge on any atom is -0.313 e. The van der Waals surface area contributed by atoms with Crippen LogP contribution in [0.25, 0.3) is 0 Å². The van der Waals surface area contributed by atoms with Gasteiger partial charge in [0.25, 0.3) is 0 Å². The quantitative estimate of drug-likeness (QED) is 0.841. The summed E-state index contributed by atoms with van der Waals surface area (Å²) in [5.41, 5.74) is 0. The van der Waals surface area contributed by atoms with Crippen molar-refractivity contribution >= 4 is 0 Å². The van der Waals surface area contributed by atoms with Crippen LogP contribution in [0.2, 0.25) is 0 Å². The Morgan fingerprint density at radius 1 is 1.10 bits per heavy atom. The van der Waals surface area contributed by atoms with Gasteiger partial charge in [0.15, 0.2) is 0 Å². The lowest BCUT2D eigenvalue weighted by molar-refractivity contribution is 0.0481. The molecule has 0 bridgehead atoms. The van der Waals surface area contributed by atoms with Gasteiger partial charge in [-0.1, -0.05) is 20.8 Å². The number of rotatable bonds is 5. The van der Waals surface area contributed by atoms with E-state index < -0.39 is 0 Å². The van der Waals surface area contributed by atoms with Gasteiger partial charge in [0.05, 0.1) is 0 Å². The highest BCUT2D eigenvalue weighted by atomic mass is 15.2. The molecule has 1 saturated carbocycles. The number of piperidine rings is 1. The van der Waals surface area contributed by atoms with Crippen LogP contribution in [0, 0.1) is 11.8 Å². The molecule has 0 aromatic carbocycles. The molecule has 1 aliphatic heterocycles. The summed E-state index contributed by atoms with van der Waals surface area (Å²) < 4.78 is 0. The molecule has 0 radical (unpaired) electrons. The number of hydrogen-bond donors (Lipinski definition) is 1. The molecule has 0 amide bonds. The standard InChI is InChI=1S/C18H37N3/c1-6-19-17-8-7-15(14(2)3)13-18(17)21-11-9-16(10-12-21)20(4)5/h14-19H,6-13H2,1-5H3. The Morgan fingerprint density at radius 2 is 1.76 bits per heavy atom. The van der Waals surface area contributed by atoms with Crippen LogP contribution in [0.3, 0.4) is 0 Å². The zero-order valence-corrected chi connectivity index (χ0v) is 14.9. The van der Waals surface area contributed by atoms with Gasteiger partial charge in [-0.3, -0.25) is 4.90 Å². The van der Waals surface area contributed by atoms with E-state index in [1.807, 2.05) is 0 Å². The number of likely N-dealkylation sites (tertiary alicyclic amines) is 1. The van der Waals surface area contributed by atoms with Crippen LogP contribution < -0.4 is 5.32 Å². The number of nitrogens with zero attached hydrogens (tertiary/aromatic N) is 2. The molecular weight excluding hydrogens is 258 g/mol. The predicted molar refractivity (Wildman–Crippen MR) is 91.7 cm³/mol. The Kier molecular flexibility index (Phi) is 6.51. The van der Waals surface area contributed by atoms with Crippen LogP contribution in [-0.4, -0.2) is 61.7 Å². The van der Waals surface area contributed by atoms with Crippen molar-refractivity contribution in [2.45, 2.75) is 71.0 Å². The van der Waals surface area contributed by atoms with Crippen molar-refractivity contribution in [1.29, 1.82) is 0 Å². The molecule has 124 valence electrons. The Hall–Kier alpha value is -0.120. The van der Waals surface area contributed by atoms with E-state index in [1.165, 1.54) is 45.2 Å². The van der Waals surface area contributed by atoms with Crippen LogP contribution >= 0.6 is 0 Å². The second-order valence-corrected chi connectivity index (χ2v) is 7.78. The van der Waals surface area contributed by atoms with Crippen molar-refractivity contribution in [3.63, 3.8) is 0 Å². The second kappa shape index (κ2) is 7.94. The SMILES string of the molecule is CCNC1CCC(C(C)C)CC1N1CCC(N(C)C)CC1. The first-order valence-electron chi connectivity index (χ1n) is 9.16. The smallest absolute Gasteiger partial charge is 0.0252 e. The van der Waals surface area contributed by atoms with Crippen molar-refractivity contribution in [3.05, 3.63) is 0 Å². The minimum absolute atomic E-state index is 0.723. The zero-order valence-electron chi connectivity index (χ0n) is 14.9. The monoisotopic (exact) mass is 295 g/mol. The van der Waals surface area contributed by atoms with Crippen molar-refractivity contribution in [3.8, 4) is 0 Å². The molecule has 0 aromatic rings. The zero-order chi connectivity index (χ0) is 15.4. The van der Waals surface area contributed by atoms with E-state index in [9.17, 15) is 0 Å². The molecule has 2 fully saturated rings. The number of hydrogen-bond acceptors (Lipinski definition) is 3. The Balaban J connectivity index is 1.96. The Labute approximate surface area is 132 Å². The van der Waals surface area contributed by atoms with E-state index in [4.69, 9.17) is 0 Å². The molecule has 0 aromatic heterocycles. The van der Waals surface area contributed by atoms with Gasteiger partial charge in [-0.25, -0.2) is 0 Å². The maximum absolute atomic E-state index is 3.77. The second-order valence-electron chi connectivity index (χ2n) is 7.78. The van der Waals surface area contributed by atoms with Crippen LogP contribution in [0.1, 0.15) is 52.9 Å². The highest BCUT2D eigenvalue weighted by Gasteiger charge is 2.36. The summed E-state index contributed by atoms with van der Waals surface area (Å²) in [4.78, 5) is 5.22. The summed E-state index contributed by atoms with van der Waals surface area (Å²) in [6, 6.07) is 2.29. The fraction of sp³-hybridized carbons (Fsp3) is 1.00. The minimum atomic E-state index is 0.723. The first-order valence-corrected chi connectivity index (χ1v) is 9.16. The molecule has 1 N–H and O–H groups in total. The normalized spacial score (nSPS) is 33.0. The molecule has 2 rings (SSSR count). The third-order valence-electron chi connectivity index (χ3n) is 5.96. The highest BCUT2D eigenvalue weighted by molar-refractivity contribution is 4.94. The van der Waals surface area contributed by atoms with Crippen LogP contribution in [0.5, 0.6) is 0 Å². The third kappa shape index (κ3) is 4.43. The third-order valence-corrected chi connectivity index (χ3v) is 5.96. The van der Waals surface area contributed by atoms with Crippen LogP contribution in [0.15, 0.2) is 0 Å². The van der Waals surface area contributed by atoms with E-state index in [2.05, 4.69) is 50.0 Å². The molecule has 1 aliphatic carbocycles. The average molecular weight is 296 g/mol. The van der Waals surface area contributed by atoms with Crippen molar-refractivity contribution in [2.75, 3.05) is 33.7 Å². The summed E-state index contributed by atoms with van der Waals surface area (Å²) in [6.07, 6.45) is 6.88. The fourth-order valence-corrected chi connectivity index (χ4v) is 4.42. The first-order chi connectivity index (χ1) is 10.0. The van der Waals surface area contributed by atoms with Crippen LogP contribution in [-0.2, 0) is 0 Å². The summed E-state index contributed by atoms with van der Waals surface area (Å²) >= 11 is 0. The van der Waals surface area contributed by atoms with Crippen molar-refractivity contribution in [1.82, 2.24) is 15.1 Å². The van der Waals surface area contributed by atoms with E-state index in [0.717, 1.165) is 36.5 Å². The molecule has 1 saturated heterocycles. The lowest BCUT2D eigenvalue weighted by atomic mass is 9.76. The van der Waals surface area contributed by atoms with E-state index in [1.54, 1.807) is 0 Å². The topological polar surface area (TPSA) is 18.5 Å². The van der Waals surface area contributed by atoms with Gasteiger partial charge in [-0.05, 0) is 77.7 Å². The molecule has 21 heavy (non-hydrogen) atoms. The summed E-state index contributed by atoms with van der Waals surface area (Å²) in [6.45, 7) is 10.8. The molecule has 0 spiro atoms. The van der Waals surface area contributed by atoms with Crippen LogP contribution in [0.4, 0.5) is 0 Å². The maximum atomic E-state index is 3.77. The predicted octanol–water partition coefficient (Wildman–Crippen LogP) is 2.82. The summed E-state index contributed by atoms with van der Waals surface area (Å²) in [5, 5.41) is 3.77. The van der Waals surface area contributed by atoms with Gasteiger partial charge in [-0.15, -0.1) is 0 Å². The molecule has 1 heterocycles. The van der Waals surface area contributed by atoms with Gasteiger partial charge in [0.1, 0.15) is 0 Å². The first kappa shape index (κ1) is 17.2. The van der Waals surface area contributed by atoms with Crippen molar-refractivity contribution < 1.29 is 0 Å². The molecule has 3 unspecified atom stereocenters. The highest BCUT2D eigenvalue weighted by Crippen LogP contribution is 2.34. The Morgan fingerprint density at radius 3 is 2.29 bits per heavy atom. The van der Waals surface area contributed by atoms with Gasteiger partial charge in [-0.2, -0.15) is 0 Å². The van der Waals surface area contributed by atoms with Gasteiger partial charge >= 0.3 is 0 Å². The molecule has 2 aliphatic rings. The van der Waals surface area contributed by atoms with E-state index in [-0.39, 0.29) is 0 Å². The van der Waals surface area contributed by atoms with Crippen molar-refractivity contribution in [2.24, 2.45) is 11.8 Å². The largest absolute Gasteiger partial charge is 0.313 e. The van der Waals surface area contributed by atoms with Gasteiger partial charge in [0.2, 0.25) is 0 Å². The Bertz CT molecular complexity index is 295. The van der Waals surface area contributed by atoms with E-state index in [0.29, 0.717) is 0 Å². The summed E-state index contributed by atoms with van der Waals surface area (Å²) in [7, 11) is 4.47.